The molecule has 19 heavy (non-hydrogen) atoms. The average Bonchev–Trinajstić information content (AvgIpc) is 2.72. The maximum atomic E-state index is 12.3. The zero-order valence-corrected chi connectivity index (χ0v) is 12.4. The van der Waals surface area contributed by atoms with Crippen molar-refractivity contribution in [2.24, 2.45) is 0 Å². The number of carbonyl (C=O) groups is 1. The Labute approximate surface area is 113 Å². The highest BCUT2D eigenvalue weighted by atomic mass is 32.2. The first kappa shape index (κ1) is 15.6. The molecule has 1 rings (SSSR count). The minimum absolute atomic E-state index is 0.00389. The molecule has 108 valence electrons. The van der Waals surface area contributed by atoms with Gasteiger partial charge >= 0.3 is 0 Å². The molecule has 0 aliphatic rings. The lowest BCUT2D eigenvalue weighted by molar-refractivity contribution is -0.121. The van der Waals surface area contributed by atoms with Gasteiger partial charge < -0.3 is 10.3 Å². The molecule has 8 heteroatoms. The third-order valence-corrected chi connectivity index (χ3v) is 4.25. The smallest absolute Gasteiger partial charge is 0.260 e. The van der Waals surface area contributed by atoms with Crippen molar-refractivity contribution in [3.63, 3.8) is 0 Å². The van der Waals surface area contributed by atoms with E-state index in [-0.39, 0.29) is 30.1 Å². The van der Waals surface area contributed by atoms with Crippen LogP contribution < -0.4 is 5.32 Å². The molecule has 1 heterocycles. The van der Waals surface area contributed by atoms with Crippen LogP contribution in [-0.2, 0) is 14.8 Å². The van der Waals surface area contributed by atoms with Gasteiger partial charge in [-0.2, -0.15) is 4.31 Å². The summed E-state index contributed by atoms with van der Waals surface area (Å²) in [6.45, 7) is 7.01. The minimum atomic E-state index is -3.71. The lowest BCUT2D eigenvalue weighted by Crippen LogP contribution is -2.42. The summed E-state index contributed by atoms with van der Waals surface area (Å²) in [6.07, 6.45) is 1.26. The molecule has 0 unspecified atom stereocenters. The Bertz CT molecular complexity index is 536. The van der Waals surface area contributed by atoms with Crippen LogP contribution in [0.1, 0.15) is 26.6 Å². The Kier molecular flexibility index (Phi) is 5.07. The standard InChI is InChI=1S/C11H20N4O3S/c1-5-15(7-10(16)13-8(2)3)19(17,18)11-6-12-9(4)14-11/h6,8H,5,7H2,1-4H3,(H,12,14)(H,13,16). The van der Waals surface area contributed by atoms with Crippen molar-refractivity contribution in [3.05, 3.63) is 12.0 Å². The van der Waals surface area contributed by atoms with E-state index < -0.39 is 10.0 Å². The molecule has 1 aromatic rings. The van der Waals surface area contributed by atoms with Crippen molar-refractivity contribution < 1.29 is 13.2 Å². The molecule has 0 radical (unpaired) electrons. The minimum Gasteiger partial charge on any atom is -0.353 e. The summed E-state index contributed by atoms with van der Waals surface area (Å²) in [6, 6.07) is -0.0247. The molecule has 0 aliphatic carbocycles. The van der Waals surface area contributed by atoms with E-state index in [0.717, 1.165) is 4.31 Å². The van der Waals surface area contributed by atoms with Gasteiger partial charge in [-0.15, -0.1) is 0 Å². The number of hydrogen-bond acceptors (Lipinski definition) is 4. The fraction of sp³-hybridized carbons (Fsp3) is 0.636. The summed E-state index contributed by atoms with van der Waals surface area (Å²) < 4.78 is 25.7. The Morgan fingerprint density at radius 2 is 2.16 bits per heavy atom. The third kappa shape index (κ3) is 4.03. The van der Waals surface area contributed by atoms with Crippen molar-refractivity contribution in [3.8, 4) is 0 Å². The molecular weight excluding hydrogens is 268 g/mol. The molecule has 0 aromatic carbocycles. The normalized spacial score (nSPS) is 12.1. The zero-order chi connectivity index (χ0) is 14.6. The highest BCUT2D eigenvalue weighted by molar-refractivity contribution is 7.89. The van der Waals surface area contributed by atoms with Gasteiger partial charge in [-0.25, -0.2) is 13.4 Å². The monoisotopic (exact) mass is 288 g/mol. The molecule has 7 nitrogen and oxygen atoms in total. The molecular formula is C11H20N4O3S. The number of aromatic amines is 1. The second-order valence-corrected chi connectivity index (χ2v) is 6.39. The number of amides is 1. The lowest BCUT2D eigenvalue weighted by Gasteiger charge is -2.19. The van der Waals surface area contributed by atoms with Crippen molar-refractivity contribution in [2.45, 2.75) is 38.8 Å². The molecule has 0 spiro atoms. The van der Waals surface area contributed by atoms with Crippen molar-refractivity contribution >= 4 is 15.9 Å². The van der Waals surface area contributed by atoms with Crippen LogP contribution in [0.5, 0.6) is 0 Å². The first-order valence-corrected chi connectivity index (χ1v) is 7.52. The summed E-state index contributed by atoms with van der Waals surface area (Å²) in [5.41, 5.74) is 0. The molecule has 2 N–H and O–H groups in total. The fourth-order valence-electron chi connectivity index (χ4n) is 1.56. The van der Waals surface area contributed by atoms with Crippen molar-refractivity contribution in [2.75, 3.05) is 13.1 Å². The Morgan fingerprint density at radius 1 is 1.53 bits per heavy atom. The summed E-state index contributed by atoms with van der Waals surface area (Å²) in [5, 5.41) is 2.67. The number of rotatable bonds is 6. The number of likely N-dealkylation sites (N-methyl/N-ethyl adjacent to an activating group) is 1. The van der Waals surface area contributed by atoms with Gasteiger partial charge in [-0.05, 0) is 20.8 Å². The fourth-order valence-corrected chi connectivity index (χ4v) is 2.93. The average molecular weight is 288 g/mol. The van der Waals surface area contributed by atoms with Crippen molar-refractivity contribution in [1.82, 2.24) is 19.6 Å². The van der Waals surface area contributed by atoms with Crippen molar-refractivity contribution in [1.29, 1.82) is 0 Å². The molecule has 0 saturated carbocycles. The number of aryl methyl sites for hydroxylation is 1. The van der Waals surface area contributed by atoms with E-state index in [1.807, 2.05) is 13.8 Å². The van der Waals surface area contributed by atoms with Crippen LogP contribution >= 0.6 is 0 Å². The first-order chi connectivity index (χ1) is 8.77. The van der Waals surface area contributed by atoms with Gasteiger partial charge in [0, 0.05) is 12.6 Å². The van der Waals surface area contributed by atoms with E-state index in [1.165, 1.54) is 6.20 Å². The first-order valence-electron chi connectivity index (χ1n) is 6.08. The Balaban J connectivity index is 2.87. The van der Waals surface area contributed by atoms with E-state index in [9.17, 15) is 13.2 Å². The highest BCUT2D eigenvalue weighted by Crippen LogP contribution is 2.12. The number of sulfonamides is 1. The van der Waals surface area contributed by atoms with Gasteiger partial charge in [0.2, 0.25) is 5.91 Å². The highest BCUT2D eigenvalue weighted by Gasteiger charge is 2.26. The predicted octanol–water partition coefficient (Wildman–Crippen LogP) is 0.253. The number of aromatic nitrogens is 2. The quantitative estimate of drug-likeness (QED) is 0.784. The maximum absolute atomic E-state index is 12.3. The maximum Gasteiger partial charge on any atom is 0.260 e. The Hall–Kier alpha value is -1.41. The van der Waals surface area contributed by atoms with Gasteiger partial charge in [-0.1, -0.05) is 6.92 Å². The van der Waals surface area contributed by atoms with Crippen LogP contribution in [0.4, 0.5) is 0 Å². The number of H-pyrrole nitrogens is 1. The Morgan fingerprint density at radius 3 is 2.58 bits per heavy atom. The van der Waals surface area contributed by atoms with Crippen LogP contribution in [-0.4, -0.2) is 47.7 Å². The van der Waals surface area contributed by atoms with Crippen LogP contribution in [0.3, 0.4) is 0 Å². The van der Waals surface area contributed by atoms with Gasteiger partial charge in [0.25, 0.3) is 10.0 Å². The van der Waals surface area contributed by atoms with E-state index in [2.05, 4.69) is 15.3 Å². The van der Waals surface area contributed by atoms with Gasteiger partial charge in [0.05, 0.1) is 12.7 Å². The van der Waals surface area contributed by atoms with Gasteiger partial charge in [0.15, 0.2) is 5.03 Å². The predicted molar refractivity (Wildman–Crippen MR) is 71.0 cm³/mol. The summed E-state index contributed by atoms with van der Waals surface area (Å²) in [7, 11) is -3.71. The summed E-state index contributed by atoms with van der Waals surface area (Å²) in [4.78, 5) is 18.2. The van der Waals surface area contributed by atoms with Crippen LogP contribution in [0.15, 0.2) is 11.2 Å². The van der Waals surface area contributed by atoms with Gasteiger partial charge in [-0.3, -0.25) is 4.79 Å². The number of nitrogens with one attached hydrogen (secondary N) is 2. The van der Waals surface area contributed by atoms with E-state index in [4.69, 9.17) is 0 Å². The largest absolute Gasteiger partial charge is 0.353 e. The SMILES string of the molecule is CCN(CC(=O)NC(C)C)S(=O)(=O)c1cnc(C)[nH]1. The second-order valence-electron chi connectivity index (χ2n) is 4.49. The topological polar surface area (TPSA) is 95.2 Å². The van der Waals surface area contributed by atoms with Gasteiger partial charge in [0.1, 0.15) is 5.82 Å². The second kappa shape index (κ2) is 6.16. The van der Waals surface area contributed by atoms with E-state index >= 15 is 0 Å². The molecule has 0 aliphatic heterocycles. The summed E-state index contributed by atoms with van der Waals surface area (Å²) >= 11 is 0. The van der Waals surface area contributed by atoms with E-state index in [1.54, 1.807) is 13.8 Å². The van der Waals surface area contributed by atoms with E-state index in [0.29, 0.717) is 5.82 Å². The van der Waals surface area contributed by atoms with Crippen LogP contribution in [0, 0.1) is 6.92 Å². The zero-order valence-electron chi connectivity index (χ0n) is 11.6. The molecule has 1 aromatic heterocycles. The molecule has 0 fully saturated rings. The third-order valence-electron chi connectivity index (χ3n) is 2.42. The number of carbonyl (C=O) groups excluding carboxylic acids is 1. The number of nitrogens with zero attached hydrogens (tertiary/aromatic N) is 2. The van der Waals surface area contributed by atoms with Crippen LogP contribution in [0.2, 0.25) is 0 Å². The molecule has 0 bridgehead atoms. The lowest BCUT2D eigenvalue weighted by atomic mass is 10.4. The molecule has 1 amide bonds. The summed E-state index contributed by atoms with van der Waals surface area (Å²) in [5.74, 6) is 0.193. The molecule has 0 saturated heterocycles. The number of hydrogen-bond donors (Lipinski definition) is 2. The number of imidazole rings is 1. The van der Waals surface area contributed by atoms with Crippen LogP contribution in [0.25, 0.3) is 0 Å². The molecule has 0 atom stereocenters.